The molecule has 0 aliphatic carbocycles. The van der Waals surface area contributed by atoms with Crippen molar-refractivity contribution in [2.45, 2.75) is 13.0 Å². The van der Waals surface area contributed by atoms with Crippen LogP contribution in [0, 0.1) is 17.1 Å². The molecule has 0 aromatic heterocycles. The van der Waals surface area contributed by atoms with Crippen LogP contribution in [0.3, 0.4) is 0 Å². The first kappa shape index (κ1) is 18.4. The van der Waals surface area contributed by atoms with Crippen molar-refractivity contribution in [1.29, 1.82) is 5.26 Å². The molecule has 1 heterocycles. The Morgan fingerprint density at radius 1 is 1.48 bits per heavy atom. The number of benzene rings is 1. The van der Waals surface area contributed by atoms with E-state index >= 15 is 0 Å². The number of rotatable bonds is 8. The molecule has 1 saturated heterocycles. The number of anilines is 2. The highest BCUT2D eigenvalue weighted by Crippen LogP contribution is 2.25. The van der Waals surface area contributed by atoms with Crippen LogP contribution < -0.4 is 26.4 Å². The minimum absolute atomic E-state index is 0.125. The van der Waals surface area contributed by atoms with E-state index in [2.05, 4.69) is 21.5 Å². The normalized spacial score (nSPS) is 16.3. The van der Waals surface area contributed by atoms with E-state index in [1.54, 1.807) is 6.07 Å². The van der Waals surface area contributed by atoms with Crippen molar-refractivity contribution in [3.05, 3.63) is 24.0 Å². The number of nitriles is 1. The summed E-state index contributed by atoms with van der Waals surface area (Å²) in [6.45, 7) is 2.15. The van der Waals surface area contributed by atoms with E-state index in [-0.39, 0.29) is 37.9 Å². The van der Waals surface area contributed by atoms with E-state index in [9.17, 15) is 14.0 Å². The van der Waals surface area contributed by atoms with Gasteiger partial charge in [0.2, 0.25) is 5.91 Å². The van der Waals surface area contributed by atoms with Crippen LogP contribution in [0.5, 0.6) is 0 Å². The van der Waals surface area contributed by atoms with E-state index in [0.717, 1.165) is 0 Å². The second-order valence-electron chi connectivity index (χ2n) is 5.26. The average molecular weight is 350 g/mol. The van der Waals surface area contributed by atoms with Crippen molar-refractivity contribution in [2.24, 2.45) is 0 Å². The Morgan fingerprint density at radius 2 is 2.28 bits per heavy atom. The number of hydrogen-bond acceptors (Lipinski definition) is 7. The summed E-state index contributed by atoms with van der Waals surface area (Å²) < 4.78 is 19.3. The van der Waals surface area contributed by atoms with Crippen molar-refractivity contribution in [3.63, 3.8) is 0 Å². The third-order valence-electron chi connectivity index (χ3n) is 3.38. The molecule has 1 aliphatic heterocycles. The van der Waals surface area contributed by atoms with Gasteiger partial charge in [0.25, 0.3) is 0 Å². The molecule has 2 rings (SSSR count). The van der Waals surface area contributed by atoms with E-state index in [4.69, 9.17) is 10.00 Å². The molecule has 1 aromatic rings. The number of halogens is 1. The number of nitrogens with zero attached hydrogens (tertiary/aromatic N) is 2. The highest BCUT2D eigenvalue weighted by molar-refractivity contribution is 5.90. The topological polar surface area (TPSA) is 119 Å². The van der Waals surface area contributed by atoms with Crippen LogP contribution in [0.1, 0.15) is 6.92 Å². The summed E-state index contributed by atoms with van der Waals surface area (Å²) in [7, 11) is 0. The molecule has 1 fully saturated rings. The molecule has 1 aromatic carbocycles. The fraction of sp³-hybridized carbons (Fsp3) is 0.400. The largest absolute Gasteiger partial charge is 0.442 e. The Hall–Kier alpha value is -2.90. The van der Waals surface area contributed by atoms with E-state index in [0.29, 0.717) is 5.69 Å². The fourth-order valence-electron chi connectivity index (χ4n) is 2.22. The predicted octanol–water partition coefficient (Wildman–Crippen LogP) is 0.274. The van der Waals surface area contributed by atoms with Gasteiger partial charge < -0.3 is 15.4 Å². The molecule has 0 saturated carbocycles. The molecule has 0 bridgehead atoms. The number of ether oxygens (including phenoxy) is 1. The Kier molecular flexibility index (Phi) is 6.50. The van der Waals surface area contributed by atoms with Gasteiger partial charge in [0.15, 0.2) is 0 Å². The van der Waals surface area contributed by atoms with Gasteiger partial charge >= 0.3 is 6.09 Å². The smallest absolute Gasteiger partial charge is 0.414 e. The number of nitrogens with one attached hydrogen (secondary N) is 4. The molecule has 0 radical (unpaired) electrons. The van der Waals surface area contributed by atoms with E-state index in [1.807, 2.05) is 6.07 Å². The van der Waals surface area contributed by atoms with Gasteiger partial charge in [-0.15, -0.1) is 0 Å². The molecule has 0 spiro atoms. The first-order chi connectivity index (χ1) is 12.0. The molecular formula is C15H19FN6O3. The second kappa shape index (κ2) is 8.81. The van der Waals surface area contributed by atoms with Crippen LogP contribution in [-0.2, 0) is 9.53 Å². The number of carbonyl (C=O) groups excluding carboxylic acids is 2. The van der Waals surface area contributed by atoms with Gasteiger partial charge in [-0.2, -0.15) is 5.26 Å². The first-order valence-electron chi connectivity index (χ1n) is 7.60. The number of hydrogen-bond donors (Lipinski definition) is 4. The molecular weight excluding hydrogens is 331 g/mol. The van der Waals surface area contributed by atoms with Gasteiger partial charge in [-0.1, -0.05) is 0 Å². The molecule has 2 amide bonds. The monoisotopic (exact) mass is 350 g/mol. The average Bonchev–Trinajstić information content (AvgIpc) is 2.95. The maximum absolute atomic E-state index is 14.2. The van der Waals surface area contributed by atoms with Gasteiger partial charge in [0.1, 0.15) is 11.9 Å². The van der Waals surface area contributed by atoms with Crippen molar-refractivity contribution in [1.82, 2.24) is 16.2 Å². The minimum Gasteiger partial charge on any atom is -0.442 e. The second-order valence-corrected chi connectivity index (χ2v) is 5.26. The summed E-state index contributed by atoms with van der Waals surface area (Å²) in [5.74, 6) is -0.744. The predicted molar refractivity (Wildman–Crippen MR) is 87.9 cm³/mol. The van der Waals surface area contributed by atoms with Crippen LogP contribution in [0.25, 0.3) is 0 Å². The zero-order valence-corrected chi connectivity index (χ0v) is 13.6. The van der Waals surface area contributed by atoms with Crippen molar-refractivity contribution in [3.8, 4) is 6.07 Å². The quantitative estimate of drug-likeness (QED) is 0.230. The van der Waals surface area contributed by atoms with Crippen molar-refractivity contribution >= 4 is 23.4 Å². The Bertz CT molecular complexity index is 678. The Labute approximate surface area is 144 Å². The summed E-state index contributed by atoms with van der Waals surface area (Å²) in [5.41, 5.74) is 5.93. The van der Waals surface area contributed by atoms with Crippen LogP contribution in [0.15, 0.2) is 18.2 Å². The van der Waals surface area contributed by atoms with Gasteiger partial charge in [-0.05, 0) is 18.2 Å². The van der Waals surface area contributed by atoms with Crippen molar-refractivity contribution < 1.29 is 18.7 Å². The van der Waals surface area contributed by atoms with Crippen molar-refractivity contribution in [2.75, 3.05) is 36.5 Å². The fourth-order valence-corrected chi connectivity index (χ4v) is 2.22. The first-order valence-corrected chi connectivity index (χ1v) is 7.60. The lowest BCUT2D eigenvalue weighted by molar-refractivity contribution is -0.119. The van der Waals surface area contributed by atoms with Gasteiger partial charge in [-0.25, -0.2) is 20.0 Å². The lowest BCUT2D eigenvalue weighted by Crippen LogP contribution is -2.36. The highest BCUT2D eigenvalue weighted by Gasteiger charge is 2.32. The van der Waals surface area contributed by atoms with E-state index in [1.165, 1.54) is 24.0 Å². The van der Waals surface area contributed by atoms with Crippen LogP contribution in [0.2, 0.25) is 0 Å². The number of hydrazine groups is 1. The molecule has 10 heteroatoms. The number of carbonyl (C=O) groups is 2. The van der Waals surface area contributed by atoms with Crippen LogP contribution in [-0.4, -0.2) is 44.4 Å². The zero-order valence-electron chi connectivity index (χ0n) is 13.6. The molecule has 4 N–H and O–H groups in total. The lowest BCUT2D eigenvalue weighted by atomic mass is 10.2. The molecule has 25 heavy (non-hydrogen) atoms. The molecule has 134 valence electrons. The molecule has 1 atom stereocenters. The Balaban J connectivity index is 1.92. The number of amides is 2. The minimum atomic E-state index is -0.585. The van der Waals surface area contributed by atoms with Crippen LogP contribution in [0.4, 0.5) is 20.6 Å². The van der Waals surface area contributed by atoms with Gasteiger partial charge in [-0.3, -0.25) is 9.69 Å². The molecule has 0 unspecified atom stereocenters. The third-order valence-corrected chi connectivity index (χ3v) is 3.38. The summed E-state index contributed by atoms with van der Waals surface area (Å²) >= 11 is 0. The van der Waals surface area contributed by atoms with Gasteiger partial charge in [0.05, 0.1) is 43.7 Å². The van der Waals surface area contributed by atoms with E-state index < -0.39 is 18.0 Å². The summed E-state index contributed by atoms with van der Waals surface area (Å²) in [4.78, 5) is 24.1. The lowest BCUT2D eigenvalue weighted by Gasteiger charge is -2.15. The highest BCUT2D eigenvalue weighted by atomic mass is 19.1. The standard InChI is InChI=1S/C15H19FN6O3/c1-10(23)18-7-12-8-22(15(24)25-12)11-2-3-14(13(16)6-11)19-9-21-20-5-4-17/h2-3,6,12,19-21H,5,7-9H2,1H3,(H,18,23)/t12-/m0/s1. The maximum atomic E-state index is 14.2. The summed E-state index contributed by atoms with van der Waals surface area (Å²) in [6.07, 6.45) is -1.06. The number of cyclic esters (lactones) is 1. The van der Waals surface area contributed by atoms with Crippen LogP contribution >= 0.6 is 0 Å². The Morgan fingerprint density at radius 3 is 2.96 bits per heavy atom. The maximum Gasteiger partial charge on any atom is 0.414 e. The zero-order chi connectivity index (χ0) is 18.2. The molecule has 1 aliphatic rings. The summed E-state index contributed by atoms with van der Waals surface area (Å²) in [6, 6.07) is 6.22. The SMILES string of the molecule is CC(=O)NC[C@H]1CN(c2ccc(NCNNCC#N)c(F)c2)C(=O)O1. The summed E-state index contributed by atoms with van der Waals surface area (Å²) in [5, 5.41) is 13.7. The molecule has 9 nitrogen and oxygen atoms in total. The third kappa shape index (κ3) is 5.30. The van der Waals surface area contributed by atoms with Gasteiger partial charge in [0, 0.05) is 6.92 Å².